The molecule has 0 spiro atoms. The first-order valence-electron chi connectivity index (χ1n) is 12.7. The number of aryl methyl sites for hydroxylation is 3. The lowest BCUT2D eigenvalue weighted by molar-refractivity contribution is -0.131. The van der Waals surface area contributed by atoms with Crippen molar-refractivity contribution in [2.75, 3.05) is 5.75 Å². The van der Waals surface area contributed by atoms with Gasteiger partial charge in [0.05, 0.1) is 22.5 Å². The van der Waals surface area contributed by atoms with E-state index in [4.69, 9.17) is 9.72 Å². The topological polar surface area (TPSA) is 103 Å². The Morgan fingerprint density at radius 3 is 2.51 bits per heavy atom. The van der Waals surface area contributed by atoms with Gasteiger partial charge >= 0.3 is 5.97 Å². The van der Waals surface area contributed by atoms with Crippen LogP contribution in [0, 0.1) is 6.92 Å². The molecule has 0 saturated carbocycles. The number of hydrogen-bond acceptors (Lipinski definition) is 8. The second-order valence-electron chi connectivity index (χ2n) is 9.40. The number of thiophene rings is 1. The Balaban J connectivity index is 1.37. The van der Waals surface area contributed by atoms with Gasteiger partial charge in [0.1, 0.15) is 10.6 Å². The van der Waals surface area contributed by atoms with E-state index < -0.39 is 5.97 Å². The van der Waals surface area contributed by atoms with Crippen LogP contribution in [0.4, 0.5) is 0 Å². The van der Waals surface area contributed by atoms with Gasteiger partial charge < -0.3 is 4.74 Å². The minimum absolute atomic E-state index is 0.0388. The monoisotopic (exact) mass is 560 g/mol. The van der Waals surface area contributed by atoms with Gasteiger partial charge in [-0.15, -0.1) is 11.3 Å². The number of hydrazone groups is 1. The number of rotatable bonds is 7. The smallest absolute Gasteiger partial charge is 0.308 e. The van der Waals surface area contributed by atoms with E-state index in [0.29, 0.717) is 22.0 Å². The average Bonchev–Trinajstić information content (AvgIpc) is 3.30. The first-order valence-corrected chi connectivity index (χ1v) is 14.5. The van der Waals surface area contributed by atoms with Gasteiger partial charge in [0.2, 0.25) is 0 Å². The zero-order chi connectivity index (χ0) is 27.5. The quantitative estimate of drug-likeness (QED) is 0.0833. The van der Waals surface area contributed by atoms with E-state index in [0.717, 1.165) is 52.9 Å². The third kappa shape index (κ3) is 5.97. The zero-order valence-electron chi connectivity index (χ0n) is 21.9. The fourth-order valence-corrected chi connectivity index (χ4v) is 6.62. The van der Waals surface area contributed by atoms with E-state index in [1.54, 1.807) is 47.1 Å². The van der Waals surface area contributed by atoms with Crippen molar-refractivity contribution < 1.29 is 14.3 Å². The molecule has 0 aliphatic heterocycles. The number of esters is 1. The summed E-state index contributed by atoms with van der Waals surface area (Å²) in [5, 5.41) is 5.40. The number of aromatic nitrogens is 2. The third-order valence-electron chi connectivity index (χ3n) is 6.46. The van der Waals surface area contributed by atoms with Crippen molar-refractivity contribution in [3.8, 4) is 11.4 Å². The van der Waals surface area contributed by atoms with Crippen LogP contribution >= 0.6 is 23.1 Å². The Labute approximate surface area is 234 Å². The van der Waals surface area contributed by atoms with Gasteiger partial charge in [0, 0.05) is 11.8 Å². The first-order chi connectivity index (χ1) is 18.8. The molecule has 0 saturated heterocycles. The first kappa shape index (κ1) is 26.8. The van der Waals surface area contributed by atoms with Crippen molar-refractivity contribution in [2.24, 2.45) is 5.10 Å². The van der Waals surface area contributed by atoms with E-state index in [1.165, 1.54) is 23.6 Å². The Bertz CT molecular complexity index is 1640. The highest BCUT2D eigenvalue weighted by molar-refractivity contribution is 7.99. The highest BCUT2D eigenvalue weighted by Gasteiger charge is 2.23. The van der Waals surface area contributed by atoms with E-state index in [1.807, 2.05) is 31.2 Å². The lowest BCUT2D eigenvalue weighted by Crippen LogP contribution is -2.24. The third-order valence-corrected chi connectivity index (χ3v) is 8.59. The number of ether oxygens (including phenoxy) is 1. The largest absolute Gasteiger partial charge is 0.427 e. The van der Waals surface area contributed by atoms with Crippen molar-refractivity contribution in [3.05, 3.63) is 80.5 Å². The highest BCUT2D eigenvalue weighted by atomic mass is 32.2. The minimum Gasteiger partial charge on any atom is -0.427 e. The molecule has 4 aromatic rings. The summed E-state index contributed by atoms with van der Waals surface area (Å²) in [6.45, 7) is 5.12. The predicted molar refractivity (Wildman–Crippen MR) is 155 cm³/mol. The number of fused-ring (bicyclic) bond motifs is 3. The number of nitrogens with one attached hydrogen (secondary N) is 1. The molecule has 8 nitrogen and oxygen atoms in total. The molecule has 0 atom stereocenters. The Hall–Kier alpha value is -3.76. The molecule has 2 aromatic heterocycles. The zero-order valence-corrected chi connectivity index (χ0v) is 23.6. The number of carbonyl (C=O) groups excluding carboxylic acids is 2. The van der Waals surface area contributed by atoms with Crippen LogP contribution in [0.2, 0.25) is 0 Å². The molecule has 0 unspecified atom stereocenters. The highest BCUT2D eigenvalue weighted by Crippen LogP contribution is 2.35. The van der Waals surface area contributed by atoms with Gasteiger partial charge in [0.25, 0.3) is 11.5 Å². The van der Waals surface area contributed by atoms with Gasteiger partial charge in [-0.2, -0.15) is 5.10 Å². The summed E-state index contributed by atoms with van der Waals surface area (Å²) in [6, 6.07) is 14.6. The SMILES string of the molecule is CC(=O)Oc1ccc(/C(C)=N/NC(=O)CSc2nc3sc4c(c3c(=O)n2-c2ccc(C)cc2)CCCC4)cc1. The standard InChI is InChI=1S/C29H28N4O4S2/c1-17-8-12-21(13-9-17)33-28(36)26-23-6-4-5-7-24(23)39-27(26)30-29(33)38-16-25(35)32-31-18(2)20-10-14-22(15-11-20)37-19(3)34/h8-15H,4-7,16H2,1-3H3,(H,32,35)/b31-18+. The van der Waals surface area contributed by atoms with Gasteiger partial charge in [-0.05, 0) is 87.1 Å². The lowest BCUT2D eigenvalue weighted by atomic mass is 9.97. The van der Waals surface area contributed by atoms with Crippen molar-refractivity contribution in [2.45, 2.75) is 51.6 Å². The maximum Gasteiger partial charge on any atom is 0.308 e. The van der Waals surface area contributed by atoms with Crippen LogP contribution < -0.4 is 15.7 Å². The summed E-state index contributed by atoms with van der Waals surface area (Å²) in [6.07, 6.45) is 4.09. The molecule has 1 N–H and O–H groups in total. The molecule has 0 fully saturated rings. The fraction of sp³-hybridized carbons (Fsp3) is 0.276. The molecule has 1 aliphatic carbocycles. The summed E-state index contributed by atoms with van der Waals surface area (Å²) >= 11 is 2.81. The van der Waals surface area contributed by atoms with Crippen LogP contribution in [0.25, 0.3) is 15.9 Å². The molecule has 200 valence electrons. The van der Waals surface area contributed by atoms with E-state index in [-0.39, 0.29) is 17.2 Å². The van der Waals surface area contributed by atoms with Gasteiger partial charge in [0.15, 0.2) is 5.16 Å². The van der Waals surface area contributed by atoms with Crippen molar-refractivity contribution >= 4 is 50.9 Å². The molecule has 1 amide bonds. The number of amides is 1. The summed E-state index contributed by atoms with van der Waals surface area (Å²) < 4.78 is 6.67. The molecule has 39 heavy (non-hydrogen) atoms. The van der Waals surface area contributed by atoms with Crippen LogP contribution in [0.3, 0.4) is 0 Å². The van der Waals surface area contributed by atoms with Crippen LogP contribution in [0.1, 0.15) is 48.3 Å². The fourth-order valence-electron chi connectivity index (χ4n) is 4.51. The number of nitrogens with zero attached hydrogens (tertiary/aromatic N) is 3. The number of carbonyl (C=O) groups is 2. The minimum atomic E-state index is -0.391. The van der Waals surface area contributed by atoms with Crippen LogP contribution in [-0.4, -0.2) is 32.9 Å². The van der Waals surface area contributed by atoms with Gasteiger partial charge in [-0.25, -0.2) is 10.4 Å². The second kappa shape index (κ2) is 11.5. The number of benzene rings is 2. The van der Waals surface area contributed by atoms with E-state index >= 15 is 0 Å². The molecule has 0 radical (unpaired) electrons. The summed E-state index contributed by atoms with van der Waals surface area (Å²) in [4.78, 5) is 44.5. The van der Waals surface area contributed by atoms with Crippen molar-refractivity contribution in [3.63, 3.8) is 0 Å². The summed E-state index contributed by atoms with van der Waals surface area (Å²) in [7, 11) is 0. The predicted octanol–water partition coefficient (Wildman–Crippen LogP) is 5.19. The molecule has 2 aromatic carbocycles. The maximum atomic E-state index is 13.8. The molecule has 10 heteroatoms. The summed E-state index contributed by atoms with van der Waals surface area (Å²) in [5.74, 6) is -0.226. The number of hydrogen-bond donors (Lipinski definition) is 1. The molecular formula is C29H28N4O4S2. The maximum absolute atomic E-state index is 13.8. The van der Waals surface area contributed by atoms with Gasteiger partial charge in [-0.3, -0.25) is 19.0 Å². The Morgan fingerprint density at radius 2 is 1.79 bits per heavy atom. The molecule has 1 aliphatic rings. The van der Waals surface area contributed by atoms with Crippen molar-refractivity contribution in [1.29, 1.82) is 0 Å². The number of thioether (sulfide) groups is 1. The van der Waals surface area contributed by atoms with Gasteiger partial charge in [-0.1, -0.05) is 29.5 Å². The Kier molecular flexibility index (Phi) is 7.94. The summed E-state index contributed by atoms with van der Waals surface area (Å²) in [5.41, 5.74) is 6.84. The molecule has 2 heterocycles. The average molecular weight is 561 g/mol. The van der Waals surface area contributed by atoms with Crippen LogP contribution in [0.5, 0.6) is 5.75 Å². The molecular weight excluding hydrogens is 532 g/mol. The lowest BCUT2D eigenvalue weighted by Gasteiger charge is -2.13. The Morgan fingerprint density at radius 1 is 1.08 bits per heavy atom. The van der Waals surface area contributed by atoms with E-state index in [9.17, 15) is 14.4 Å². The van der Waals surface area contributed by atoms with Crippen LogP contribution in [0.15, 0.2) is 63.6 Å². The second-order valence-corrected chi connectivity index (χ2v) is 11.4. The normalized spacial score (nSPS) is 13.3. The van der Waals surface area contributed by atoms with E-state index in [2.05, 4.69) is 10.5 Å². The van der Waals surface area contributed by atoms with Crippen molar-refractivity contribution in [1.82, 2.24) is 15.0 Å². The molecule has 5 rings (SSSR count). The van der Waals surface area contributed by atoms with Crippen LogP contribution in [-0.2, 0) is 22.4 Å². The molecule has 0 bridgehead atoms.